The molecule has 0 aliphatic carbocycles. The van der Waals surface area contributed by atoms with Gasteiger partial charge in [-0.15, -0.1) is 0 Å². The van der Waals surface area contributed by atoms with Crippen molar-refractivity contribution < 1.29 is 57.1 Å². The fraction of sp³-hybridized carbons (Fsp3) is 0.156. The second-order valence-corrected chi connectivity index (χ2v) is 8.93. The van der Waals surface area contributed by atoms with Crippen LogP contribution < -0.4 is 18.9 Å². The first kappa shape index (κ1) is 32.6. The van der Waals surface area contributed by atoms with E-state index in [1.807, 2.05) is 0 Å². The third-order valence-corrected chi connectivity index (χ3v) is 5.48. The number of ether oxygens (including phenoxy) is 7. The second-order valence-electron chi connectivity index (χ2n) is 8.93. The van der Waals surface area contributed by atoms with Crippen LogP contribution in [0.15, 0.2) is 91.0 Å². The van der Waals surface area contributed by atoms with Crippen LogP contribution in [0.3, 0.4) is 0 Å². The number of carbonyl (C=O) groups excluding carboxylic acids is 5. The summed E-state index contributed by atoms with van der Waals surface area (Å²) in [4.78, 5) is 60.7. The van der Waals surface area contributed by atoms with E-state index < -0.39 is 29.8 Å². The van der Waals surface area contributed by atoms with E-state index in [-0.39, 0.29) is 52.9 Å². The zero-order valence-corrected chi connectivity index (χ0v) is 24.1. The summed E-state index contributed by atoms with van der Waals surface area (Å²) in [5.74, 6) is -3.08. The van der Waals surface area contributed by atoms with Gasteiger partial charge in [0, 0.05) is 11.1 Å². The molecule has 0 aromatic heterocycles. The first-order valence-corrected chi connectivity index (χ1v) is 12.8. The summed E-state index contributed by atoms with van der Waals surface area (Å²) in [6.07, 6.45) is 0. The Morgan fingerprint density at radius 3 is 1.45 bits per heavy atom. The van der Waals surface area contributed by atoms with E-state index in [1.165, 1.54) is 80.6 Å². The molecule has 0 atom stereocenters. The van der Waals surface area contributed by atoms with E-state index in [0.29, 0.717) is 11.5 Å². The van der Waals surface area contributed by atoms with Crippen molar-refractivity contribution in [3.05, 3.63) is 108 Å². The average molecular weight is 605 g/mol. The smallest absolute Gasteiger partial charge is 0.343 e. The molecule has 3 aromatic rings. The van der Waals surface area contributed by atoms with E-state index >= 15 is 0 Å². The molecule has 0 aliphatic heterocycles. The summed E-state index contributed by atoms with van der Waals surface area (Å²) < 4.78 is 35.9. The van der Waals surface area contributed by atoms with Gasteiger partial charge in [0.15, 0.2) is 0 Å². The molecule has 0 unspecified atom stereocenters. The lowest BCUT2D eigenvalue weighted by Crippen LogP contribution is -2.14. The van der Waals surface area contributed by atoms with Gasteiger partial charge in [0.1, 0.15) is 28.6 Å². The number of methoxy groups -OCH3 is 1. The molecule has 44 heavy (non-hydrogen) atoms. The van der Waals surface area contributed by atoms with E-state index in [0.717, 1.165) is 7.11 Å². The second kappa shape index (κ2) is 15.4. The lowest BCUT2D eigenvalue weighted by molar-refractivity contribution is -0.146. The van der Waals surface area contributed by atoms with Crippen LogP contribution in [-0.4, -0.2) is 50.5 Å². The minimum absolute atomic E-state index is 0.0175. The largest absolute Gasteiger partial charge is 0.465 e. The van der Waals surface area contributed by atoms with Crippen LogP contribution in [0.2, 0.25) is 0 Å². The van der Waals surface area contributed by atoms with Gasteiger partial charge in [-0.1, -0.05) is 13.2 Å². The molecule has 0 bridgehead atoms. The molecular weight excluding hydrogens is 576 g/mol. The third kappa shape index (κ3) is 9.31. The van der Waals surface area contributed by atoms with Gasteiger partial charge in [-0.3, -0.25) is 0 Å². The van der Waals surface area contributed by atoms with Gasteiger partial charge < -0.3 is 33.2 Å². The molecule has 0 aliphatic rings. The summed E-state index contributed by atoms with van der Waals surface area (Å²) in [6.45, 7) is 9.26. The molecule has 3 rings (SSSR count). The zero-order chi connectivity index (χ0) is 32.2. The topological polar surface area (TPSA) is 150 Å². The molecule has 12 heteroatoms. The van der Waals surface area contributed by atoms with E-state index in [1.54, 1.807) is 0 Å². The number of hydrogen-bond donors (Lipinski definition) is 0. The van der Waals surface area contributed by atoms with Crippen molar-refractivity contribution in [3.8, 4) is 23.0 Å². The van der Waals surface area contributed by atoms with Crippen LogP contribution in [0.5, 0.6) is 23.0 Å². The van der Waals surface area contributed by atoms with Gasteiger partial charge >= 0.3 is 29.8 Å². The van der Waals surface area contributed by atoms with Crippen molar-refractivity contribution in [3.63, 3.8) is 0 Å². The molecule has 0 saturated carbocycles. The molecule has 0 fully saturated rings. The SMILES string of the molecule is C=C(C)C(=O)OCOc1ccc(C(=O)Oc2ccc(OC(=O)c3ccc(OCOC(=O)C(=C)C)cc3)c(C(=O)OC)c2)cc1. The first-order chi connectivity index (χ1) is 21.0. The normalized spacial score (nSPS) is 10.1. The third-order valence-electron chi connectivity index (χ3n) is 5.48. The molecule has 0 N–H and O–H groups in total. The van der Waals surface area contributed by atoms with Gasteiger partial charge in [0.2, 0.25) is 13.6 Å². The number of hydrogen-bond acceptors (Lipinski definition) is 12. The molecule has 0 saturated heterocycles. The van der Waals surface area contributed by atoms with E-state index in [9.17, 15) is 24.0 Å². The van der Waals surface area contributed by atoms with Gasteiger partial charge in [-0.2, -0.15) is 0 Å². The maximum Gasteiger partial charge on any atom is 0.343 e. The van der Waals surface area contributed by atoms with Gasteiger partial charge in [-0.25, -0.2) is 24.0 Å². The summed E-state index contributed by atoms with van der Waals surface area (Å²) in [6, 6.07) is 15.4. The highest BCUT2D eigenvalue weighted by Gasteiger charge is 2.20. The summed E-state index contributed by atoms with van der Waals surface area (Å²) >= 11 is 0. The lowest BCUT2D eigenvalue weighted by Gasteiger charge is -2.12. The van der Waals surface area contributed by atoms with Crippen molar-refractivity contribution in [2.24, 2.45) is 0 Å². The fourth-order valence-electron chi connectivity index (χ4n) is 3.18. The standard InChI is InChI=1S/C32H28O12/c1-19(2)28(33)41-17-39-23-10-6-21(7-11-23)30(35)43-25-14-15-27(26(16-25)32(37)38-5)44-31(36)22-8-12-24(13-9-22)40-18-42-29(34)20(3)4/h6-16H,1,3,17-18H2,2,4-5H3. The quantitative estimate of drug-likeness (QED) is 0.0865. The monoisotopic (exact) mass is 604 g/mol. The Morgan fingerprint density at radius 2 is 1.02 bits per heavy atom. The van der Waals surface area contributed by atoms with Gasteiger partial charge in [0.25, 0.3) is 0 Å². The molecule has 0 radical (unpaired) electrons. The average Bonchev–Trinajstić information content (AvgIpc) is 3.01. The maximum absolute atomic E-state index is 12.8. The predicted octanol–water partition coefficient (Wildman–Crippen LogP) is 4.82. The number of benzene rings is 3. The minimum atomic E-state index is -0.840. The Bertz CT molecular complexity index is 1570. The van der Waals surface area contributed by atoms with Crippen LogP contribution in [0.4, 0.5) is 0 Å². The van der Waals surface area contributed by atoms with Crippen LogP contribution in [0.25, 0.3) is 0 Å². The fourth-order valence-corrected chi connectivity index (χ4v) is 3.18. The van der Waals surface area contributed by atoms with Crippen molar-refractivity contribution >= 4 is 29.8 Å². The Balaban J connectivity index is 1.63. The highest BCUT2D eigenvalue weighted by atomic mass is 16.7. The van der Waals surface area contributed by atoms with E-state index in [2.05, 4.69) is 13.2 Å². The Morgan fingerprint density at radius 1 is 0.591 bits per heavy atom. The predicted molar refractivity (Wildman–Crippen MR) is 153 cm³/mol. The van der Waals surface area contributed by atoms with Crippen molar-refractivity contribution in [1.82, 2.24) is 0 Å². The van der Waals surface area contributed by atoms with Gasteiger partial charge in [0.05, 0.1) is 18.2 Å². The number of rotatable bonds is 13. The highest BCUT2D eigenvalue weighted by molar-refractivity contribution is 5.97. The van der Waals surface area contributed by atoms with Crippen LogP contribution >= 0.6 is 0 Å². The molecule has 0 amide bonds. The molecule has 3 aromatic carbocycles. The summed E-state index contributed by atoms with van der Waals surface area (Å²) in [5, 5.41) is 0. The Labute approximate surface area is 252 Å². The summed E-state index contributed by atoms with van der Waals surface area (Å²) in [5.41, 5.74) is 0.574. The molecule has 0 spiro atoms. The van der Waals surface area contributed by atoms with Crippen LogP contribution in [0.1, 0.15) is 44.9 Å². The lowest BCUT2D eigenvalue weighted by atomic mass is 10.1. The molecule has 0 heterocycles. The van der Waals surface area contributed by atoms with E-state index in [4.69, 9.17) is 33.2 Å². The molecule has 12 nitrogen and oxygen atoms in total. The number of esters is 5. The van der Waals surface area contributed by atoms with Gasteiger partial charge in [-0.05, 0) is 80.6 Å². The maximum atomic E-state index is 12.8. The highest BCUT2D eigenvalue weighted by Crippen LogP contribution is 2.27. The zero-order valence-electron chi connectivity index (χ0n) is 24.1. The Kier molecular flexibility index (Phi) is 11.4. The minimum Gasteiger partial charge on any atom is -0.465 e. The summed E-state index contributed by atoms with van der Waals surface area (Å²) in [7, 11) is 1.14. The number of carbonyl (C=O) groups is 5. The molecular formula is C32H28O12. The molecule has 228 valence electrons. The Hall–Kier alpha value is -5.91. The van der Waals surface area contributed by atoms with Crippen molar-refractivity contribution in [2.75, 3.05) is 20.7 Å². The van der Waals surface area contributed by atoms with Crippen molar-refractivity contribution in [2.45, 2.75) is 13.8 Å². The van der Waals surface area contributed by atoms with Crippen molar-refractivity contribution in [1.29, 1.82) is 0 Å². The first-order valence-electron chi connectivity index (χ1n) is 12.8. The van der Waals surface area contributed by atoms with Crippen LogP contribution in [0, 0.1) is 0 Å². The van der Waals surface area contributed by atoms with Crippen LogP contribution in [-0.2, 0) is 23.8 Å².